The van der Waals surface area contributed by atoms with Crippen molar-refractivity contribution in [2.45, 2.75) is 37.1 Å². The van der Waals surface area contributed by atoms with Crippen molar-refractivity contribution < 1.29 is 23.9 Å². The van der Waals surface area contributed by atoms with Gasteiger partial charge in [0, 0.05) is 0 Å². The monoisotopic (exact) mass is 364 g/mol. The number of halogens is 2. The molecule has 1 aliphatic carbocycles. The molecule has 0 unspecified atom stereocenters. The van der Waals surface area contributed by atoms with E-state index in [0.29, 0.717) is 12.8 Å². The molecule has 128 valence electrons. The second-order valence-corrected chi connectivity index (χ2v) is 6.84. The average Bonchev–Trinajstić information content (AvgIpc) is 3.13. The molecule has 9 heteroatoms. The Labute approximate surface area is 143 Å². The number of rotatable bonds is 6. The molecule has 1 fully saturated rings. The third-order valence-electron chi connectivity index (χ3n) is 3.62. The van der Waals surface area contributed by atoms with Crippen LogP contribution in [0.1, 0.15) is 26.7 Å². The quantitative estimate of drug-likeness (QED) is 0.551. The first kappa shape index (κ1) is 17.9. The van der Waals surface area contributed by atoms with Gasteiger partial charge in [0.2, 0.25) is 0 Å². The van der Waals surface area contributed by atoms with Gasteiger partial charge in [-0.25, -0.2) is 9.59 Å². The summed E-state index contributed by atoms with van der Waals surface area (Å²) in [6.07, 6.45) is 0.818. The Hall–Kier alpha value is -1.47. The molecule has 7 nitrogen and oxygen atoms in total. The maximum atomic E-state index is 12.1. The van der Waals surface area contributed by atoms with Crippen LogP contribution in [0.5, 0.6) is 0 Å². The molecule has 0 aromatic carbocycles. The number of alkyl halides is 2. The number of hydrogen-bond donors (Lipinski definition) is 2. The largest absolute Gasteiger partial charge is 0.463 e. The molecule has 2 N–H and O–H groups in total. The summed E-state index contributed by atoms with van der Waals surface area (Å²) in [6.45, 7) is 3.44. The summed E-state index contributed by atoms with van der Waals surface area (Å²) in [6, 6.07) is -0.969. The fraction of sp³-hybridized carbons (Fsp3) is 0.643. The number of hydrogen-bond acceptors (Lipinski definition) is 5. The summed E-state index contributed by atoms with van der Waals surface area (Å²) in [4.78, 5) is 35.6. The van der Waals surface area contributed by atoms with Crippen LogP contribution in [0.2, 0.25) is 0 Å². The summed E-state index contributed by atoms with van der Waals surface area (Å²) >= 11 is 11.6. The Morgan fingerprint density at radius 1 is 1.30 bits per heavy atom. The standard InChI is InChI=1S/C14H18Cl2N2O5/c1-3-8-10(12(20)22-4-2)9(18-13(21)17-8)6-23-11(19)7-5-14(7,15)16/h7-8H,3-6H2,1-2H3,(H2,17,18,21)/t7-,8-/m0/s1. The zero-order valence-corrected chi connectivity index (χ0v) is 14.3. The normalized spacial score (nSPS) is 25.3. The first-order valence-electron chi connectivity index (χ1n) is 7.32. The molecule has 2 amide bonds. The zero-order valence-electron chi connectivity index (χ0n) is 12.8. The molecule has 0 radical (unpaired) electrons. The second-order valence-electron chi connectivity index (χ2n) is 5.30. The van der Waals surface area contributed by atoms with Crippen LogP contribution in [0.4, 0.5) is 4.79 Å². The maximum Gasteiger partial charge on any atom is 0.338 e. The topological polar surface area (TPSA) is 93.7 Å². The number of carbonyl (C=O) groups excluding carboxylic acids is 3. The second kappa shape index (κ2) is 6.97. The van der Waals surface area contributed by atoms with E-state index in [2.05, 4.69) is 10.6 Å². The van der Waals surface area contributed by atoms with Crippen LogP contribution >= 0.6 is 23.2 Å². The van der Waals surface area contributed by atoms with Crippen molar-refractivity contribution in [1.29, 1.82) is 0 Å². The van der Waals surface area contributed by atoms with Gasteiger partial charge in [0.25, 0.3) is 0 Å². The molecule has 0 spiro atoms. The SMILES string of the molecule is CCOC(=O)C1=C(COC(=O)[C@@H]2CC2(Cl)Cl)NC(=O)N[C@H]1CC. The minimum absolute atomic E-state index is 0.197. The minimum atomic E-state index is -1.08. The molecule has 0 bridgehead atoms. The van der Waals surface area contributed by atoms with Crippen LogP contribution < -0.4 is 10.6 Å². The van der Waals surface area contributed by atoms with Crippen LogP contribution in [0.25, 0.3) is 0 Å². The van der Waals surface area contributed by atoms with Gasteiger partial charge in [-0.15, -0.1) is 23.2 Å². The van der Waals surface area contributed by atoms with Gasteiger partial charge in [-0.3, -0.25) is 4.79 Å². The van der Waals surface area contributed by atoms with E-state index in [-0.39, 0.29) is 24.5 Å². The number of carbonyl (C=O) groups is 3. The molecule has 2 atom stereocenters. The van der Waals surface area contributed by atoms with Gasteiger partial charge in [0.05, 0.1) is 29.8 Å². The van der Waals surface area contributed by atoms with Gasteiger partial charge in [0.15, 0.2) is 0 Å². The van der Waals surface area contributed by atoms with Crippen molar-refractivity contribution in [2.75, 3.05) is 13.2 Å². The molecular formula is C14H18Cl2N2O5. The zero-order chi connectivity index (χ0) is 17.2. The molecule has 1 saturated carbocycles. The lowest BCUT2D eigenvalue weighted by Crippen LogP contribution is -2.51. The fourth-order valence-corrected chi connectivity index (χ4v) is 2.78. The van der Waals surface area contributed by atoms with Crippen molar-refractivity contribution in [3.8, 4) is 0 Å². The number of ether oxygens (including phenoxy) is 2. The highest BCUT2D eigenvalue weighted by atomic mass is 35.5. The van der Waals surface area contributed by atoms with E-state index in [1.807, 2.05) is 6.92 Å². The van der Waals surface area contributed by atoms with Gasteiger partial charge < -0.3 is 20.1 Å². The summed E-state index contributed by atoms with van der Waals surface area (Å²) in [5, 5.41) is 5.12. The third kappa shape index (κ3) is 4.09. The molecule has 1 heterocycles. The van der Waals surface area contributed by atoms with Crippen LogP contribution in [0.3, 0.4) is 0 Å². The lowest BCUT2D eigenvalue weighted by molar-refractivity contribution is -0.145. The lowest BCUT2D eigenvalue weighted by Gasteiger charge is -2.28. The number of amides is 2. The van der Waals surface area contributed by atoms with Crippen molar-refractivity contribution >= 4 is 41.2 Å². The minimum Gasteiger partial charge on any atom is -0.463 e. The van der Waals surface area contributed by atoms with Crippen LogP contribution in [-0.2, 0) is 19.1 Å². The van der Waals surface area contributed by atoms with Gasteiger partial charge in [0.1, 0.15) is 10.9 Å². The van der Waals surface area contributed by atoms with Gasteiger partial charge in [-0.05, 0) is 19.8 Å². The highest BCUT2D eigenvalue weighted by Gasteiger charge is 2.57. The van der Waals surface area contributed by atoms with Gasteiger partial charge in [-0.1, -0.05) is 6.92 Å². The van der Waals surface area contributed by atoms with E-state index in [1.165, 1.54) is 0 Å². The van der Waals surface area contributed by atoms with Crippen molar-refractivity contribution in [3.63, 3.8) is 0 Å². The molecule has 23 heavy (non-hydrogen) atoms. The first-order chi connectivity index (χ1) is 10.8. The maximum absolute atomic E-state index is 12.1. The molecular weight excluding hydrogens is 347 g/mol. The molecule has 0 aromatic heterocycles. The summed E-state index contributed by atoms with van der Waals surface area (Å²) in [5.74, 6) is -1.71. The predicted molar refractivity (Wildman–Crippen MR) is 82.9 cm³/mol. The van der Waals surface area contributed by atoms with Crippen LogP contribution in [0.15, 0.2) is 11.3 Å². The number of nitrogens with one attached hydrogen (secondary N) is 2. The van der Waals surface area contributed by atoms with E-state index in [9.17, 15) is 14.4 Å². The smallest absolute Gasteiger partial charge is 0.338 e. The van der Waals surface area contributed by atoms with E-state index in [1.54, 1.807) is 6.92 Å². The molecule has 0 aromatic rings. The van der Waals surface area contributed by atoms with E-state index >= 15 is 0 Å². The molecule has 2 rings (SSSR count). The number of urea groups is 1. The Kier molecular flexibility index (Phi) is 5.41. The highest BCUT2D eigenvalue weighted by molar-refractivity contribution is 6.52. The summed E-state index contributed by atoms with van der Waals surface area (Å²) in [5.41, 5.74) is 0.461. The lowest BCUT2D eigenvalue weighted by atomic mass is 10.0. The first-order valence-corrected chi connectivity index (χ1v) is 8.07. The Morgan fingerprint density at radius 3 is 2.48 bits per heavy atom. The Balaban J connectivity index is 2.13. The van der Waals surface area contributed by atoms with Gasteiger partial charge in [-0.2, -0.15) is 0 Å². The number of esters is 2. The third-order valence-corrected chi connectivity index (χ3v) is 4.45. The van der Waals surface area contributed by atoms with Gasteiger partial charge >= 0.3 is 18.0 Å². The van der Waals surface area contributed by atoms with E-state index < -0.39 is 34.3 Å². The van der Waals surface area contributed by atoms with Crippen molar-refractivity contribution in [3.05, 3.63) is 11.3 Å². The highest BCUT2D eigenvalue weighted by Crippen LogP contribution is 2.53. The summed E-state index contributed by atoms with van der Waals surface area (Å²) in [7, 11) is 0. The average molecular weight is 365 g/mol. The van der Waals surface area contributed by atoms with Crippen LogP contribution in [-0.4, -0.2) is 41.6 Å². The van der Waals surface area contributed by atoms with Crippen molar-refractivity contribution in [2.24, 2.45) is 5.92 Å². The van der Waals surface area contributed by atoms with E-state index in [0.717, 1.165) is 0 Å². The predicted octanol–water partition coefficient (Wildman–Crippen LogP) is 1.63. The van der Waals surface area contributed by atoms with Crippen molar-refractivity contribution in [1.82, 2.24) is 10.6 Å². The Morgan fingerprint density at radius 2 is 1.96 bits per heavy atom. The summed E-state index contributed by atoms with van der Waals surface area (Å²) < 4.78 is 9.05. The fourth-order valence-electron chi connectivity index (χ4n) is 2.29. The Bertz CT molecular complexity index is 561. The molecule has 1 aliphatic heterocycles. The van der Waals surface area contributed by atoms with Crippen LogP contribution in [0, 0.1) is 5.92 Å². The van der Waals surface area contributed by atoms with E-state index in [4.69, 9.17) is 32.7 Å². The molecule has 0 saturated heterocycles. The molecule has 2 aliphatic rings.